The van der Waals surface area contributed by atoms with Crippen molar-refractivity contribution in [3.8, 4) is 10.6 Å². The number of anilines is 1. The van der Waals surface area contributed by atoms with Crippen LogP contribution >= 0.6 is 11.3 Å². The van der Waals surface area contributed by atoms with Crippen LogP contribution in [0.1, 0.15) is 20.8 Å². The average Bonchev–Trinajstić information content (AvgIpc) is 3.07. The van der Waals surface area contributed by atoms with Crippen LogP contribution in [0.3, 0.4) is 0 Å². The fourth-order valence-electron chi connectivity index (χ4n) is 2.98. The van der Waals surface area contributed by atoms with E-state index in [2.05, 4.69) is 24.4 Å². The van der Waals surface area contributed by atoms with Crippen molar-refractivity contribution in [2.75, 3.05) is 5.32 Å². The van der Waals surface area contributed by atoms with Gasteiger partial charge in [0.2, 0.25) is 0 Å². The summed E-state index contributed by atoms with van der Waals surface area (Å²) in [5, 5.41) is 3.87. The highest BCUT2D eigenvalue weighted by atomic mass is 32.1. The van der Waals surface area contributed by atoms with Crippen LogP contribution < -0.4 is 5.32 Å². The predicted molar refractivity (Wildman–Crippen MR) is 109 cm³/mol. The lowest BCUT2D eigenvalue weighted by atomic mass is 10.1. The van der Waals surface area contributed by atoms with E-state index in [9.17, 15) is 4.79 Å². The summed E-state index contributed by atoms with van der Waals surface area (Å²) in [5.41, 5.74) is 4.20. The molecule has 0 saturated carbocycles. The number of aryl methyl sites for hydroxylation is 2. The number of para-hydroxylation sites is 1. The molecule has 0 aliphatic carbocycles. The summed E-state index contributed by atoms with van der Waals surface area (Å²) in [6.07, 6.45) is 0. The number of aromatic nitrogens is 1. The maximum absolute atomic E-state index is 13.0. The highest BCUT2D eigenvalue weighted by Gasteiger charge is 2.15. The molecule has 1 N–H and O–H groups in total. The van der Waals surface area contributed by atoms with Gasteiger partial charge in [-0.2, -0.15) is 0 Å². The summed E-state index contributed by atoms with van der Waals surface area (Å²) in [4.78, 5) is 20.0. The van der Waals surface area contributed by atoms with E-state index in [1.807, 2.05) is 61.5 Å². The quantitative estimate of drug-likeness (QED) is 0.500. The molecule has 2 heterocycles. The predicted octanol–water partition coefficient (Wildman–Crippen LogP) is 5.83. The van der Waals surface area contributed by atoms with Crippen LogP contribution in [0, 0.1) is 13.8 Å². The number of rotatable bonds is 3. The highest BCUT2D eigenvalue weighted by Crippen LogP contribution is 2.30. The van der Waals surface area contributed by atoms with Crippen LogP contribution in [0.2, 0.25) is 0 Å². The van der Waals surface area contributed by atoms with Crippen molar-refractivity contribution in [2.45, 2.75) is 13.8 Å². The van der Waals surface area contributed by atoms with Gasteiger partial charge in [-0.25, -0.2) is 4.98 Å². The van der Waals surface area contributed by atoms with Gasteiger partial charge in [-0.3, -0.25) is 4.79 Å². The van der Waals surface area contributed by atoms with E-state index in [1.165, 1.54) is 4.88 Å². The van der Waals surface area contributed by atoms with Gasteiger partial charge in [-0.15, -0.1) is 11.3 Å². The molecule has 2 aromatic heterocycles. The number of carbonyl (C=O) groups excluding carboxylic acids is 1. The first-order chi connectivity index (χ1) is 12.6. The van der Waals surface area contributed by atoms with Gasteiger partial charge in [-0.05, 0) is 55.8 Å². The second-order valence-corrected chi connectivity index (χ2v) is 7.59. The highest BCUT2D eigenvalue weighted by molar-refractivity contribution is 7.15. The molecule has 0 unspecified atom stereocenters. The van der Waals surface area contributed by atoms with Crippen molar-refractivity contribution >= 4 is 33.8 Å². The number of amides is 1. The minimum absolute atomic E-state index is 0.122. The summed E-state index contributed by atoms with van der Waals surface area (Å²) in [7, 11) is 0. The molecule has 0 fully saturated rings. The lowest BCUT2D eigenvalue weighted by Gasteiger charge is -2.10. The summed E-state index contributed by atoms with van der Waals surface area (Å²) in [6, 6.07) is 21.6. The van der Waals surface area contributed by atoms with Gasteiger partial charge < -0.3 is 5.32 Å². The second kappa shape index (κ2) is 6.73. The SMILES string of the molecule is Cc1cccc(NC(=O)c2cc(-c3ccc(C)s3)nc3ccccc23)c1. The fraction of sp³-hybridized carbons (Fsp3) is 0.0909. The Labute approximate surface area is 156 Å². The van der Waals surface area contributed by atoms with E-state index in [1.54, 1.807) is 11.3 Å². The topological polar surface area (TPSA) is 42.0 Å². The Balaban J connectivity index is 1.81. The van der Waals surface area contributed by atoms with E-state index in [0.29, 0.717) is 5.56 Å². The normalized spacial score (nSPS) is 10.8. The van der Waals surface area contributed by atoms with E-state index in [4.69, 9.17) is 4.98 Å². The van der Waals surface area contributed by atoms with Gasteiger partial charge in [0.25, 0.3) is 5.91 Å². The Bertz CT molecular complexity index is 1110. The Hall–Kier alpha value is -2.98. The number of thiophene rings is 1. The van der Waals surface area contributed by atoms with Crippen LogP contribution in [0.25, 0.3) is 21.5 Å². The van der Waals surface area contributed by atoms with Crippen LogP contribution in [-0.2, 0) is 0 Å². The van der Waals surface area contributed by atoms with E-state index < -0.39 is 0 Å². The molecule has 0 saturated heterocycles. The molecular weight excluding hydrogens is 340 g/mol. The molecule has 4 rings (SSSR count). The Morgan fingerprint density at radius 2 is 1.81 bits per heavy atom. The van der Waals surface area contributed by atoms with Crippen molar-refractivity contribution in [1.29, 1.82) is 0 Å². The van der Waals surface area contributed by atoms with Crippen molar-refractivity contribution in [3.63, 3.8) is 0 Å². The van der Waals surface area contributed by atoms with Crippen molar-refractivity contribution in [1.82, 2.24) is 4.98 Å². The summed E-state index contributed by atoms with van der Waals surface area (Å²) in [5.74, 6) is -0.122. The number of fused-ring (bicyclic) bond motifs is 1. The standard InChI is InChI=1S/C22H18N2OS/c1-14-6-5-7-16(12-14)23-22(25)18-13-20(21-11-10-15(2)26-21)24-19-9-4-3-8-17(18)19/h3-13H,1-2H3,(H,23,25). The molecule has 1 amide bonds. The molecule has 0 aliphatic heterocycles. The van der Waals surface area contributed by atoms with Gasteiger partial charge in [0, 0.05) is 16.0 Å². The Kier molecular flexibility index (Phi) is 4.27. The molecule has 0 atom stereocenters. The van der Waals surface area contributed by atoms with E-state index in [-0.39, 0.29) is 5.91 Å². The zero-order valence-corrected chi connectivity index (χ0v) is 15.4. The first-order valence-electron chi connectivity index (χ1n) is 8.45. The number of nitrogens with zero attached hydrogens (tertiary/aromatic N) is 1. The molecule has 4 aromatic rings. The van der Waals surface area contributed by atoms with Gasteiger partial charge >= 0.3 is 0 Å². The van der Waals surface area contributed by atoms with Crippen LogP contribution in [-0.4, -0.2) is 10.9 Å². The number of carbonyl (C=O) groups is 1. The number of pyridine rings is 1. The number of hydrogen-bond acceptors (Lipinski definition) is 3. The molecule has 26 heavy (non-hydrogen) atoms. The molecule has 0 radical (unpaired) electrons. The first kappa shape index (κ1) is 16.5. The third kappa shape index (κ3) is 3.24. The summed E-state index contributed by atoms with van der Waals surface area (Å²) < 4.78 is 0. The van der Waals surface area contributed by atoms with Crippen molar-refractivity contribution < 1.29 is 4.79 Å². The van der Waals surface area contributed by atoms with E-state index in [0.717, 1.165) is 32.7 Å². The zero-order chi connectivity index (χ0) is 18.1. The van der Waals surface area contributed by atoms with Crippen molar-refractivity contribution in [3.05, 3.63) is 82.7 Å². The van der Waals surface area contributed by atoms with Crippen LogP contribution in [0.4, 0.5) is 5.69 Å². The molecule has 0 spiro atoms. The third-order valence-corrected chi connectivity index (χ3v) is 5.25. The van der Waals surface area contributed by atoms with Gasteiger partial charge in [0.05, 0.1) is 21.7 Å². The summed E-state index contributed by atoms with van der Waals surface area (Å²) in [6.45, 7) is 4.08. The maximum atomic E-state index is 13.0. The van der Waals surface area contributed by atoms with Crippen LogP contribution in [0.15, 0.2) is 66.7 Å². The molecule has 128 valence electrons. The largest absolute Gasteiger partial charge is 0.322 e. The van der Waals surface area contributed by atoms with Gasteiger partial charge in [0.15, 0.2) is 0 Å². The molecule has 0 aliphatic rings. The number of nitrogens with one attached hydrogen (secondary N) is 1. The Morgan fingerprint density at radius 3 is 2.58 bits per heavy atom. The van der Waals surface area contributed by atoms with Crippen LogP contribution in [0.5, 0.6) is 0 Å². The lowest BCUT2D eigenvalue weighted by Crippen LogP contribution is -2.13. The smallest absolute Gasteiger partial charge is 0.256 e. The second-order valence-electron chi connectivity index (χ2n) is 6.31. The van der Waals surface area contributed by atoms with Gasteiger partial charge in [-0.1, -0.05) is 30.3 Å². The van der Waals surface area contributed by atoms with Gasteiger partial charge in [0.1, 0.15) is 0 Å². The molecular formula is C22H18N2OS. The fourth-order valence-corrected chi connectivity index (χ4v) is 3.81. The maximum Gasteiger partial charge on any atom is 0.256 e. The lowest BCUT2D eigenvalue weighted by molar-refractivity contribution is 0.102. The molecule has 4 heteroatoms. The number of benzene rings is 2. The molecule has 3 nitrogen and oxygen atoms in total. The number of hydrogen-bond donors (Lipinski definition) is 1. The first-order valence-corrected chi connectivity index (χ1v) is 9.26. The summed E-state index contributed by atoms with van der Waals surface area (Å²) >= 11 is 1.68. The Morgan fingerprint density at radius 1 is 0.962 bits per heavy atom. The van der Waals surface area contributed by atoms with E-state index >= 15 is 0 Å². The van der Waals surface area contributed by atoms with Crippen molar-refractivity contribution in [2.24, 2.45) is 0 Å². The minimum Gasteiger partial charge on any atom is -0.322 e. The monoisotopic (exact) mass is 358 g/mol. The molecule has 0 bridgehead atoms. The third-order valence-electron chi connectivity index (χ3n) is 4.23. The molecule has 2 aromatic carbocycles. The average molecular weight is 358 g/mol. The minimum atomic E-state index is -0.122. The zero-order valence-electron chi connectivity index (χ0n) is 14.6.